The molecule has 1 atom stereocenters. The van der Waals surface area contributed by atoms with Crippen molar-refractivity contribution < 1.29 is 18.7 Å². The van der Waals surface area contributed by atoms with Crippen LogP contribution in [0.25, 0.3) is 0 Å². The van der Waals surface area contributed by atoms with Crippen LogP contribution in [0.1, 0.15) is 12.5 Å². The van der Waals surface area contributed by atoms with Gasteiger partial charge in [0.1, 0.15) is 11.6 Å². The molecule has 1 aliphatic rings. The molecule has 2 aromatic rings. The van der Waals surface area contributed by atoms with E-state index >= 15 is 0 Å². The number of amides is 2. The molecule has 0 saturated carbocycles. The summed E-state index contributed by atoms with van der Waals surface area (Å²) in [5.74, 6) is 0.307. The molecule has 1 saturated heterocycles. The van der Waals surface area contributed by atoms with Gasteiger partial charge in [0, 0.05) is 30.9 Å². The van der Waals surface area contributed by atoms with Crippen molar-refractivity contribution in [3.8, 4) is 11.6 Å². The van der Waals surface area contributed by atoms with Gasteiger partial charge in [0.25, 0.3) is 0 Å². The summed E-state index contributed by atoms with van der Waals surface area (Å²) in [5, 5.41) is 2.87. The van der Waals surface area contributed by atoms with Gasteiger partial charge in [0.05, 0.1) is 19.3 Å². The van der Waals surface area contributed by atoms with Crippen LogP contribution in [0.2, 0.25) is 0 Å². The third-order valence-electron chi connectivity index (χ3n) is 3.92. The maximum Gasteiger partial charge on any atom is 0.318 e. The topological polar surface area (TPSA) is 63.7 Å². The predicted molar refractivity (Wildman–Crippen MR) is 89.9 cm³/mol. The normalized spacial score (nSPS) is 17.2. The number of ether oxygens (including phenoxy) is 2. The first-order chi connectivity index (χ1) is 12.1. The fourth-order valence-corrected chi connectivity index (χ4v) is 2.59. The van der Waals surface area contributed by atoms with Crippen molar-refractivity contribution in [3.05, 3.63) is 54.0 Å². The van der Waals surface area contributed by atoms with Gasteiger partial charge in [0.2, 0.25) is 5.88 Å². The van der Waals surface area contributed by atoms with Gasteiger partial charge >= 0.3 is 6.03 Å². The van der Waals surface area contributed by atoms with Gasteiger partial charge in [-0.25, -0.2) is 14.2 Å². The van der Waals surface area contributed by atoms with Gasteiger partial charge in [-0.3, -0.25) is 0 Å². The number of benzene rings is 1. The van der Waals surface area contributed by atoms with Crippen molar-refractivity contribution in [2.75, 3.05) is 19.8 Å². The van der Waals surface area contributed by atoms with Crippen LogP contribution in [0.5, 0.6) is 11.6 Å². The van der Waals surface area contributed by atoms with Crippen LogP contribution in [0.15, 0.2) is 42.6 Å². The van der Waals surface area contributed by atoms with Gasteiger partial charge in [-0.05, 0) is 25.1 Å². The van der Waals surface area contributed by atoms with Gasteiger partial charge in [-0.15, -0.1) is 0 Å². The van der Waals surface area contributed by atoms with Gasteiger partial charge in [-0.1, -0.05) is 12.1 Å². The Labute approximate surface area is 145 Å². The summed E-state index contributed by atoms with van der Waals surface area (Å²) >= 11 is 0. The number of halogens is 1. The van der Waals surface area contributed by atoms with Crippen LogP contribution in [0, 0.1) is 5.82 Å². The molecule has 1 aromatic carbocycles. The van der Waals surface area contributed by atoms with E-state index in [1.54, 1.807) is 29.3 Å². The first-order valence-electron chi connectivity index (χ1n) is 8.13. The fourth-order valence-electron chi connectivity index (χ4n) is 2.59. The average Bonchev–Trinajstić information content (AvgIpc) is 2.61. The monoisotopic (exact) mass is 345 g/mol. The Morgan fingerprint density at radius 3 is 3.12 bits per heavy atom. The lowest BCUT2D eigenvalue weighted by atomic mass is 10.2. The molecule has 1 aromatic heterocycles. The molecule has 0 spiro atoms. The highest BCUT2D eigenvalue weighted by molar-refractivity contribution is 5.74. The second-order valence-electron chi connectivity index (χ2n) is 5.80. The van der Waals surface area contributed by atoms with Crippen molar-refractivity contribution in [1.82, 2.24) is 15.2 Å². The third-order valence-corrected chi connectivity index (χ3v) is 3.92. The van der Waals surface area contributed by atoms with E-state index in [0.29, 0.717) is 37.0 Å². The Morgan fingerprint density at radius 2 is 2.32 bits per heavy atom. The molecule has 1 N–H and O–H groups in total. The zero-order valence-electron chi connectivity index (χ0n) is 13.9. The van der Waals surface area contributed by atoms with Crippen molar-refractivity contribution in [2.45, 2.75) is 19.5 Å². The lowest BCUT2D eigenvalue weighted by Crippen LogP contribution is -2.51. The molecule has 0 radical (unpaired) electrons. The first-order valence-corrected chi connectivity index (χ1v) is 8.13. The average molecular weight is 345 g/mol. The number of nitrogens with zero attached hydrogens (tertiary/aromatic N) is 2. The highest BCUT2D eigenvalue weighted by Gasteiger charge is 2.23. The summed E-state index contributed by atoms with van der Waals surface area (Å²) in [4.78, 5) is 18.3. The minimum absolute atomic E-state index is 0.0330. The lowest BCUT2D eigenvalue weighted by Gasteiger charge is -2.33. The molecule has 0 unspecified atom stereocenters. The number of urea groups is 1. The number of carbonyl (C=O) groups is 1. The van der Waals surface area contributed by atoms with Crippen LogP contribution < -0.4 is 10.1 Å². The number of hydrogen-bond donors (Lipinski definition) is 1. The summed E-state index contributed by atoms with van der Waals surface area (Å²) in [5.41, 5.74) is 0.709. The Morgan fingerprint density at radius 1 is 1.44 bits per heavy atom. The van der Waals surface area contributed by atoms with E-state index in [2.05, 4.69) is 10.3 Å². The van der Waals surface area contributed by atoms with Gasteiger partial charge < -0.3 is 19.7 Å². The van der Waals surface area contributed by atoms with Crippen LogP contribution in [-0.2, 0) is 11.3 Å². The Hall–Kier alpha value is -2.67. The zero-order chi connectivity index (χ0) is 17.6. The van der Waals surface area contributed by atoms with Crippen molar-refractivity contribution in [2.24, 2.45) is 0 Å². The van der Waals surface area contributed by atoms with Crippen LogP contribution in [-0.4, -0.2) is 41.7 Å². The summed E-state index contributed by atoms with van der Waals surface area (Å²) in [6, 6.07) is 9.29. The Bertz CT molecular complexity index is 741. The van der Waals surface area contributed by atoms with Gasteiger partial charge in [-0.2, -0.15) is 0 Å². The van der Waals surface area contributed by atoms with E-state index in [1.165, 1.54) is 12.1 Å². The Balaban J connectivity index is 1.65. The van der Waals surface area contributed by atoms with E-state index in [4.69, 9.17) is 9.47 Å². The fraction of sp³-hybridized carbons (Fsp3) is 0.333. The van der Waals surface area contributed by atoms with Crippen molar-refractivity contribution in [1.29, 1.82) is 0 Å². The smallest absolute Gasteiger partial charge is 0.318 e. The molecule has 7 heteroatoms. The summed E-state index contributed by atoms with van der Waals surface area (Å²) in [6.07, 6.45) is 1.59. The molecule has 1 aliphatic heterocycles. The van der Waals surface area contributed by atoms with Gasteiger partial charge in [0.15, 0.2) is 0 Å². The molecule has 0 bridgehead atoms. The van der Waals surface area contributed by atoms with Crippen LogP contribution >= 0.6 is 0 Å². The summed E-state index contributed by atoms with van der Waals surface area (Å²) in [7, 11) is 0. The summed E-state index contributed by atoms with van der Waals surface area (Å²) in [6.45, 7) is 3.85. The Kier molecular flexibility index (Phi) is 5.45. The first kappa shape index (κ1) is 17.2. The minimum atomic E-state index is -0.385. The number of nitrogens with one attached hydrogen (secondary N) is 1. The molecule has 3 rings (SSSR count). The molecule has 25 heavy (non-hydrogen) atoms. The number of morpholine rings is 1. The van der Waals surface area contributed by atoms with E-state index in [-0.39, 0.29) is 24.4 Å². The second kappa shape index (κ2) is 7.94. The SMILES string of the molecule is C[C@@H]1COCCN1C(=O)NCc1cccnc1Oc1cccc(F)c1. The van der Waals surface area contributed by atoms with Crippen molar-refractivity contribution in [3.63, 3.8) is 0 Å². The largest absolute Gasteiger partial charge is 0.439 e. The van der Waals surface area contributed by atoms with Crippen molar-refractivity contribution >= 4 is 6.03 Å². The minimum Gasteiger partial charge on any atom is -0.439 e. The molecular formula is C18H20FN3O3. The molecule has 1 fully saturated rings. The quantitative estimate of drug-likeness (QED) is 0.925. The highest BCUT2D eigenvalue weighted by Crippen LogP contribution is 2.23. The maximum atomic E-state index is 13.3. The third kappa shape index (κ3) is 4.45. The number of rotatable bonds is 4. The number of aromatic nitrogens is 1. The molecular weight excluding hydrogens is 325 g/mol. The number of pyridine rings is 1. The maximum absolute atomic E-state index is 13.3. The number of carbonyl (C=O) groups excluding carboxylic acids is 1. The summed E-state index contributed by atoms with van der Waals surface area (Å²) < 4.78 is 24.3. The molecule has 132 valence electrons. The van der Waals surface area contributed by atoms with E-state index in [0.717, 1.165) is 0 Å². The highest BCUT2D eigenvalue weighted by atomic mass is 19.1. The van der Waals surface area contributed by atoms with E-state index in [1.807, 2.05) is 13.0 Å². The standard InChI is InChI=1S/C18H20FN3O3/c1-13-12-24-9-8-22(13)18(23)21-11-14-4-3-7-20-17(14)25-16-6-2-5-15(19)10-16/h2-7,10,13H,8-9,11-12H2,1H3,(H,21,23)/t13-/m1/s1. The second-order valence-corrected chi connectivity index (χ2v) is 5.80. The zero-order valence-corrected chi connectivity index (χ0v) is 13.9. The van der Waals surface area contributed by atoms with E-state index in [9.17, 15) is 9.18 Å². The van der Waals surface area contributed by atoms with E-state index < -0.39 is 0 Å². The lowest BCUT2D eigenvalue weighted by molar-refractivity contribution is 0.0189. The number of hydrogen-bond acceptors (Lipinski definition) is 4. The predicted octanol–water partition coefficient (Wildman–Crippen LogP) is 2.94. The molecule has 2 heterocycles. The molecule has 6 nitrogen and oxygen atoms in total. The molecule has 0 aliphatic carbocycles. The molecule has 2 amide bonds. The van der Waals surface area contributed by atoms with Crippen LogP contribution in [0.4, 0.5) is 9.18 Å². The van der Waals surface area contributed by atoms with Crippen LogP contribution in [0.3, 0.4) is 0 Å².